The van der Waals surface area contributed by atoms with E-state index in [0.717, 1.165) is 6.32 Å². The SMILES string of the molecule is [B][B][B]CC.[Ti]. The fraction of sp³-hybridized carbons (Fsp3) is 1.00. The van der Waals surface area contributed by atoms with Crippen LogP contribution in [0.3, 0.4) is 0 Å². The van der Waals surface area contributed by atoms with Gasteiger partial charge in [-0.3, -0.25) is 0 Å². The molecule has 6 heavy (non-hydrogen) atoms. The summed E-state index contributed by atoms with van der Waals surface area (Å²) in [5.41, 5.74) is 0. The second-order valence-corrected chi connectivity index (χ2v) is 0.836. The average molecular weight is 109 g/mol. The Kier molecular flexibility index (Phi) is 15.5. The predicted octanol–water partition coefficient (Wildman–Crippen LogP) is -0.171. The van der Waals surface area contributed by atoms with Crippen molar-refractivity contribution in [3.05, 3.63) is 0 Å². The molecule has 0 fully saturated rings. The second-order valence-electron chi connectivity index (χ2n) is 0.836. The molecule has 0 amide bonds. The van der Waals surface area contributed by atoms with Crippen molar-refractivity contribution in [1.29, 1.82) is 0 Å². The normalized spacial score (nSPS) is 5.50. The van der Waals surface area contributed by atoms with Gasteiger partial charge in [0.25, 0.3) is 0 Å². The third kappa shape index (κ3) is 8.86. The first-order valence-corrected chi connectivity index (χ1v) is 1.78. The Morgan fingerprint density at radius 2 is 2.17 bits per heavy atom. The Morgan fingerprint density at radius 1 is 1.67 bits per heavy atom. The van der Waals surface area contributed by atoms with Gasteiger partial charge in [0.05, 0.1) is 7.17 Å². The van der Waals surface area contributed by atoms with Crippen LogP contribution in [0.5, 0.6) is 0 Å². The van der Waals surface area contributed by atoms with Crippen molar-refractivity contribution < 1.29 is 21.7 Å². The fourth-order valence-electron chi connectivity index (χ4n) is 0.136. The first-order chi connectivity index (χ1) is 2.41. The van der Waals surface area contributed by atoms with Crippen molar-refractivity contribution in [2.24, 2.45) is 0 Å². The van der Waals surface area contributed by atoms with Gasteiger partial charge in [-0.2, -0.15) is 0 Å². The molecule has 0 aliphatic rings. The van der Waals surface area contributed by atoms with Crippen LogP contribution in [0, 0.1) is 0 Å². The summed E-state index contributed by atoms with van der Waals surface area (Å²) in [6.45, 7) is 2.04. The monoisotopic (exact) mass is 110 g/mol. The zero-order valence-corrected chi connectivity index (χ0v) is 5.50. The maximum atomic E-state index is 4.96. The molecule has 26 valence electrons. The number of hydrogen-bond donors (Lipinski definition) is 0. The van der Waals surface area contributed by atoms with Crippen LogP contribution in [-0.4, -0.2) is 22.0 Å². The first kappa shape index (κ1) is 10.0. The van der Waals surface area contributed by atoms with E-state index in [2.05, 4.69) is 0 Å². The van der Waals surface area contributed by atoms with E-state index in [-0.39, 0.29) is 21.7 Å². The largest absolute Gasteiger partial charge is 0.0923 e. The van der Waals surface area contributed by atoms with Crippen LogP contribution < -0.4 is 0 Å². The van der Waals surface area contributed by atoms with Gasteiger partial charge < -0.3 is 0 Å². The smallest absolute Gasteiger partial charge is 0.0541 e. The molecule has 0 atom stereocenters. The van der Waals surface area contributed by atoms with Gasteiger partial charge in [0.2, 0.25) is 0 Å². The van der Waals surface area contributed by atoms with Crippen LogP contribution in [0.1, 0.15) is 6.92 Å². The van der Waals surface area contributed by atoms with Crippen LogP contribution in [0.15, 0.2) is 0 Å². The Bertz CT molecular complexity index is 16.3. The minimum absolute atomic E-state index is 0. The molecular formula is C2H5B3Ti. The Balaban J connectivity index is 0. The number of rotatable bonds is 2. The molecule has 4 radical (unpaired) electrons. The van der Waals surface area contributed by atoms with E-state index < -0.39 is 0 Å². The topological polar surface area (TPSA) is 0 Å². The van der Waals surface area contributed by atoms with Crippen molar-refractivity contribution in [3.8, 4) is 0 Å². The summed E-state index contributed by atoms with van der Waals surface area (Å²) in [6, 6.07) is 0. The summed E-state index contributed by atoms with van der Waals surface area (Å²) in [5.74, 6) is 0. The standard InChI is InChI=1S/C2H5B3.Ti/c1-2-4-5-3;/h2H2,1H3;. The summed E-state index contributed by atoms with van der Waals surface area (Å²) in [5, 5.41) is 0. The molecular weight excluding hydrogens is 104 g/mol. The second kappa shape index (κ2) is 9.32. The van der Waals surface area contributed by atoms with Crippen LogP contribution >= 0.6 is 0 Å². The van der Waals surface area contributed by atoms with E-state index in [1.165, 1.54) is 0 Å². The van der Waals surface area contributed by atoms with Crippen molar-refractivity contribution in [2.45, 2.75) is 13.2 Å². The van der Waals surface area contributed by atoms with Crippen molar-refractivity contribution >= 4 is 22.0 Å². The fourth-order valence-corrected chi connectivity index (χ4v) is 0.136. The van der Waals surface area contributed by atoms with Gasteiger partial charge in [-0.05, 0) is 0 Å². The Labute approximate surface area is 57.2 Å². The molecule has 0 N–H and O–H groups in total. The summed E-state index contributed by atoms with van der Waals surface area (Å²) in [7, 11) is 8.42. The zero-order chi connectivity index (χ0) is 4.12. The maximum absolute atomic E-state index is 4.96. The Morgan fingerprint density at radius 3 is 2.17 bits per heavy atom. The molecule has 0 rings (SSSR count). The van der Waals surface area contributed by atoms with E-state index in [1.807, 2.05) is 14.1 Å². The summed E-state index contributed by atoms with van der Waals surface area (Å²) in [4.78, 5) is 0. The van der Waals surface area contributed by atoms with E-state index >= 15 is 0 Å². The van der Waals surface area contributed by atoms with Gasteiger partial charge in [0.15, 0.2) is 0 Å². The first-order valence-electron chi connectivity index (χ1n) is 1.78. The molecule has 0 aliphatic heterocycles. The summed E-state index contributed by atoms with van der Waals surface area (Å²) >= 11 is 0. The third-order valence-electron chi connectivity index (χ3n) is 0.372. The Hall–Kier alpha value is 0.909. The van der Waals surface area contributed by atoms with Gasteiger partial charge in [-0.15, -0.1) is 0 Å². The molecule has 0 nitrogen and oxygen atoms in total. The quantitative estimate of drug-likeness (QED) is 0.432. The molecule has 0 aromatic rings. The molecule has 0 saturated carbocycles. The molecule has 0 spiro atoms. The average Bonchev–Trinajstić information content (AvgIpc) is 1.41. The molecule has 4 heteroatoms. The van der Waals surface area contributed by atoms with E-state index in [4.69, 9.17) is 7.74 Å². The van der Waals surface area contributed by atoms with Crippen LogP contribution in [0.25, 0.3) is 0 Å². The maximum Gasteiger partial charge on any atom is 0.0541 e. The molecule has 0 saturated heterocycles. The van der Waals surface area contributed by atoms with E-state index in [1.54, 1.807) is 7.06 Å². The molecule has 0 bridgehead atoms. The minimum atomic E-state index is 0. The van der Waals surface area contributed by atoms with E-state index in [0.29, 0.717) is 0 Å². The third-order valence-corrected chi connectivity index (χ3v) is 0.372. The van der Waals surface area contributed by atoms with Crippen LogP contribution in [0.4, 0.5) is 0 Å². The van der Waals surface area contributed by atoms with Crippen LogP contribution in [-0.2, 0) is 21.7 Å². The molecule has 0 aromatic carbocycles. The van der Waals surface area contributed by atoms with Gasteiger partial charge in [0, 0.05) is 36.5 Å². The van der Waals surface area contributed by atoms with Gasteiger partial charge >= 0.3 is 0 Å². The molecule has 0 aromatic heterocycles. The van der Waals surface area contributed by atoms with Gasteiger partial charge in [0.1, 0.15) is 0 Å². The summed E-state index contributed by atoms with van der Waals surface area (Å²) < 4.78 is 0. The van der Waals surface area contributed by atoms with Crippen molar-refractivity contribution in [2.75, 3.05) is 0 Å². The number of hydrogen-bond acceptors (Lipinski definition) is 0. The summed E-state index contributed by atoms with van der Waals surface area (Å²) in [6.07, 6.45) is 1.04. The molecule has 0 heterocycles. The van der Waals surface area contributed by atoms with E-state index in [9.17, 15) is 0 Å². The minimum Gasteiger partial charge on any atom is -0.0923 e. The zero-order valence-electron chi connectivity index (χ0n) is 3.94. The predicted molar refractivity (Wildman–Crippen MR) is 27.7 cm³/mol. The van der Waals surface area contributed by atoms with Gasteiger partial charge in [-0.25, -0.2) is 0 Å². The van der Waals surface area contributed by atoms with Crippen molar-refractivity contribution in [1.82, 2.24) is 0 Å². The van der Waals surface area contributed by atoms with Crippen LogP contribution in [0.2, 0.25) is 6.32 Å². The molecule has 0 unspecified atom stereocenters. The van der Waals surface area contributed by atoms with Crippen molar-refractivity contribution in [3.63, 3.8) is 0 Å². The molecule has 0 aliphatic carbocycles. The van der Waals surface area contributed by atoms with Gasteiger partial charge in [-0.1, -0.05) is 13.2 Å².